The molecular weight excluding hydrogens is 260 g/mol. The maximum atomic E-state index is 5.30. The molecule has 1 aromatic heterocycles. The molecule has 1 atom stereocenters. The SMILES string of the molecule is CCNC(c1ccc(OC)cc1C)c1ncc(C)cc1C. The number of aromatic nitrogens is 1. The van der Waals surface area contributed by atoms with Crippen LogP contribution in [0.25, 0.3) is 0 Å². The van der Waals surface area contributed by atoms with E-state index in [1.807, 2.05) is 12.3 Å². The number of nitrogens with one attached hydrogen (secondary N) is 1. The van der Waals surface area contributed by atoms with Gasteiger partial charge in [0.2, 0.25) is 0 Å². The van der Waals surface area contributed by atoms with Crippen LogP contribution in [0.15, 0.2) is 30.5 Å². The lowest BCUT2D eigenvalue weighted by Gasteiger charge is -2.22. The van der Waals surface area contributed by atoms with E-state index in [2.05, 4.69) is 56.2 Å². The number of methoxy groups -OCH3 is 1. The van der Waals surface area contributed by atoms with Gasteiger partial charge < -0.3 is 10.1 Å². The largest absolute Gasteiger partial charge is 0.497 e. The second kappa shape index (κ2) is 6.72. The van der Waals surface area contributed by atoms with Crippen LogP contribution in [-0.4, -0.2) is 18.6 Å². The van der Waals surface area contributed by atoms with Gasteiger partial charge in [0.05, 0.1) is 18.8 Å². The molecule has 21 heavy (non-hydrogen) atoms. The minimum absolute atomic E-state index is 0.113. The van der Waals surface area contributed by atoms with E-state index in [-0.39, 0.29) is 6.04 Å². The summed E-state index contributed by atoms with van der Waals surface area (Å²) in [6, 6.07) is 8.51. The van der Waals surface area contributed by atoms with E-state index in [1.54, 1.807) is 7.11 Å². The summed E-state index contributed by atoms with van der Waals surface area (Å²) < 4.78 is 5.30. The van der Waals surface area contributed by atoms with E-state index in [1.165, 1.54) is 22.3 Å². The lowest BCUT2D eigenvalue weighted by molar-refractivity contribution is 0.414. The van der Waals surface area contributed by atoms with Crippen molar-refractivity contribution in [1.82, 2.24) is 10.3 Å². The van der Waals surface area contributed by atoms with E-state index in [0.717, 1.165) is 18.0 Å². The first-order chi connectivity index (χ1) is 10.1. The third-order valence-electron chi connectivity index (χ3n) is 3.73. The standard InChI is InChI=1S/C18H24N2O/c1-6-19-18(17-14(4)9-12(2)11-20-17)16-8-7-15(21-5)10-13(16)3/h7-11,18-19H,6H2,1-5H3. The van der Waals surface area contributed by atoms with E-state index >= 15 is 0 Å². The van der Waals surface area contributed by atoms with Gasteiger partial charge in [-0.2, -0.15) is 0 Å². The van der Waals surface area contributed by atoms with Crippen molar-refractivity contribution < 1.29 is 4.74 Å². The zero-order valence-electron chi connectivity index (χ0n) is 13.5. The fourth-order valence-corrected chi connectivity index (χ4v) is 2.69. The van der Waals surface area contributed by atoms with Crippen LogP contribution in [0.5, 0.6) is 5.75 Å². The first-order valence-corrected chi connectivity index (χ1v) is 7.37. The number of aryl methyl sites for hydroxylation is 3. The van der Waals surface area contributed by atoms with Crippen LogP contribution in [-0.2, 0) is 0 Å². The van der Waals surface area contributed by atoms with Gasteiger partial charge in [-0.05, 0) is 61.7 Å². The predicted octanol–water partition coefficient (Wildman–Crippen LogP) is 3.71. The Labute approximate surface area is 127 Å². The van der Waals surface area contributed by atoms with E-state index < -0.39 is 0 Å². The molecule has 2 aromatic rings. The van der Waals surface area contributed by atoms with Crippen LogP contribution in [0.4, 0.5) is 0 Å². The number of pyridine rings is 1. The van der Waals surface area contributed by atoms with Gasteiger partial charge in [0.25, 0.3) is 0 Å². The number of nitrogens with zero attached hydrogens (tertiary/aromatic N) is 1. The minimum atomic E-state index is 0.113. The fraction of sp³-hybridized carbons (Fsp3) is 0.389. The summed E-state index contributed by atoms with van der Waals surface area (Å²) in [5.74, 6) is 0.889. The molecule has 0 saturated heterocycles. The Bertz CT molecular complexity index is 623. The summed E-state index contributed by atoms with van der Waals surface area (Å²) in [4.78, 5) is 4.66. The van der Waals surface area contributed by atoms with Gasteiger partial charge in [-0.25, -0.2) is 0 Å². The minimum Gasteiger partial charge on any atom is -0.497 e. The first-order valence-electron chi connectivity index (χ1n) is 7.37. The van der Waals surface area contributed by atoms with E-state index in [4.69, 9.17) is 4.74 Å². The van der Waals surface area contributed by atoms with Gasteiger partial charge in [-0.1, -0.05) is 19.1 Å². The van der Waals surface area contributed by atoms with Crippen molar-refractivity contribution in [2.75, 3.05) is 13.7 Å². The van der Waals surface area contributed by atoms with Crippen LogP contribution < -0.4 is 10.1 Å². The first kappa shape index (κ1) is 15.5. The molecule has 1 aromatic carbocycles. The van der Waals surface area contributed by atoms with Crippen molar-refractivity contribution in [1.29, 1.82) is 0 Å². The highest BCUT2D eigenvalue weighted by molar-refractivity contribution is 5.41. The molecule has 0 amide bonds. The highest BCUT2D eigenvalue weighted by Gasteiger charge is 2.18. The van der Waals surface area contributed by atoms with Crippen LogP contribution >= 0.6 is 0 Å². The Morgan fingerprint density at radius 1 is 1.14 bits per heavy atom. The van der Waals surface area contributed by atoms with Gasteiger partial charge in [0, 0.05) is 6.20 Å². The average Bonchev–Trinajstić information content (AvgIpc) is 2.46. The maximum Gasteiger partial charge on any atom is 0.119 e. The van der Waals surface area contributed by atoms with Crippen LogP contribution in [0.2, 0.25) is 0 Å². The molecular formula is C18H24N2O. The number of benzene rings is 1. The number of rotatable bonds is 5. The third kappa shape index (κ3) is 3.42. The van der Waals surface area contributed by atoms with Crippen LogP contribution in [0.1, 0.15) is 40.9 Å². The molecule has 1 heterocycles. The molecule has 3 nitrogen and oxygen atoms in total. The average molecular weight is 284 g/mol. The van der Waals surface area contributed by atoms with Gasteiger partial charge in [-0.3, -0.25) is 4.98 Å². The van der Waals surface area contributed by atoms with Crippen molar-refractivity contribution in [3.05, 3.63) is 58.4 Å². The fourth-order valence-electron chi connectivity index (χ4n) is 2.69. The molecule has 112 valence electrons. The summed E-state index contributed by atoms with van der Waals surface area (Å²) >= 11 is 0. The Hall–Kier alpha value is -1.87. The summed E-state index contributed by atoms with van der Waals surface area (Å²) in [6.07, 6.45) is 1.94. The van der Waals surface area contributed by atoms with E-state index in [0.29, 0.717) is 0 Å². The predicted molar refractivity (Wildman–Crippen MR) is 87.0 cm³/mol. The lowest BCUT2D eigenvalue weighted by Crippen LogP contribution is -2.24. The molecule has 1 unspecified atom stereocenters. The highest BCUT2D eigenvalue weighted by Crippen LogP contribution is 2.28. The quantitative estimate of drug-likeness (QED) is 0.908. The highest BCUT2D eigenvalue weighted by atomic mass is 16.5. The number of hydrogen-bond donors (Lipinski definition) is 1. The summed E-state index contributed by atoms with van der Waals surface area (Å²) in [6.45, 7) is 9.33. The van der Waals surface area contributed by atoms with Crippen molar-refractivity contribution in [3.8, 4) is 5.75 Å². The third-order valence-corrected chi connectivity index (χ3v) is 3.73. The molecule has 3 heteroatoms. The molecule has 0 aliphatic carbocycles. The van der Waals surface area contributed by atoms with Gasteiger partial charge in [0.15, 0.2) is 0 Å². The normalized spacial score (nSPS) is 12.2. The van der Waals surface area contributed by atoms with Crippen molar-refractivity contribution >= 4 is 0 Å². The molecule has 0 aliphatic heterocycles. The number of ether oxygens (including phenoxy) is 1. The Morgan fingerprint density at radius 2 is 1.90 bits per heavy atom. The molecule has 0 radical (unpaired) electrons. The smallest absolute Gasteiger partial charge is 0.119 e. The topological polar surface area (TPSA) is 34.1 Å². The second-order valence-corrected chi connectivity index (χ2v) is 5.43. The van der Waals surface area contributed by atoms with Crippen molar-refractivity contribution in [2.45, 2.75) is 33.7 Å². The number of hydrogen-bond acceptors (Lipinski definition) is 3. The van der Waals surface area contributed by atoms with E-state index in [9.17, 15) is 0 Å². The van der Waals surface area contributed by atoms with Crippen LogP contribution in [0.3, 0.4) is 0 Å². The zero-order valence-corrected chi connectivity index (χ0v) is 13.5. The van der Waals surface area contributed by atoms with Gasteiger partial charge in [-0.15, -0.1) is 0 Å². The molecule has 0 spiro atoms. The summed E-state index contributed by atoms with van der Waals surface area (Å²) in [5, 5.41) is 3.55. The maximum absolute atomic E-state index is 5.30. The lowest BCUT2D eigenvalue weighted by atomic mass is 9.95. The van der Waals surface area contributed by atoms with Gasteiger partial charge >= 0.3 is 0 Å². The summed E-state index contributed by atoms with van der Waals surface area (Å²) in [7, 11) is 1.70. The zero-order chi connectivity index (χ0) is 15.4. The monoisotopic (exact) mass is 284 g/mol. The molecule has 0 saturated carbocycles. The molecule has 1 N–H and O–H groups in total. The van der Waals surface area contributed by atoms with Crippen molar-refractivity contribution in [2.24, 2.45) is 0 Å². The second-order valence-electron chi connectivity index (χ2n) is 5.43. The Morgan fingerprint density at radius 3 is 2.48 bits per heavy atom. The Kier molecular flexibility index (Phi) is 4.97. The van der Waals surface area contributed by atoms with Crippen LogP contribution in [0, 0.1) is 20.8 Å². The molecule has 2 rings (SSSR count). The summed E-state index contributed by atoms with van der Waals surface area (Å²) in [5.41, 5.74) is 5.96. The van der Waals surface area contributed by atoms with Crippen molar-refractivity contribution in [3.63, 3.8) is 0 Å². The van der Waals surface area contributed by atoms with Gasteiger partial charge in [0.1, 0.15) is 5.75 Å². The molecule has 0 bridgehead atoms. The Balaban J connectivity index is 2.48. The molecule has 0 fully saturated rings. The molecule has 0 aliphatic rings.